The molecule has 3 rings (SSSR count). The van der Waals surface area contributed by atoms with Gasteiger partial charge in [-0.05, 0) is 35.5 Å². The second-order valence-electron chi connectivity index (χ2n) is 6.45. The van der Waals surface area contributed by atoms with Crippen molar-refractivity contribution in [2.24, 2.45) is 16.8 Å². The van der Waals surface area contributed by atoms with Gasteiger partial charge in [0.1, 0.15) is 5.75 Å². The molecule has 0 bridgehead atoms. The molecule has 0 saturated carbocycles. The van der Waals surface area contributed by atoms with Crippen molar-refractivity contribution in [2.45, 2.75) is 25.4 Å². The van der Waals surface area contributed by atoms with Gasteiger partial charge in [-0.1, -0.05) is 49.4 Å². The Balaban J connectivity index is 1.92. The first kappa shape index (κ1) is 18.4. The third-order valence-electron chi connectivity index (χ3n) is 4.81. The molecule has 5 nitrogen and oxygen atoms in total. The Labute approximate surface area is 159 Å². The van der Waals surface area contributed by atoms with Gasteiger partial charge in [-0.3, -0.25) is 5.43 Å². The molecule has 2 aromatic carbocycles. The topological polar surface area (TPSA) is 71.7 Å². The third kappa shape index (κ3) is 4.20. The van der Waals surface area contributed by atoms with Crippen LogP contribution in [0.5, 0.6) is 5.75 Å². The molecule has 0 aromatic heterocycles. The third-order valence-corrected chi connectivity index (χ3v) is 4.90. The summed E-state index contributed by atoms with van der Waals surface area (Å²) in [6.45, 7) is 2.17. The fourth-order valence-electron chi connectivity index (χ4n) is 3.38. The average molecular weight is 369 g/mol. The summed E-state index contributed by atoms with van der Waals surface area (Å²) in [5, 5.41) is 8.44. The fourth-order valence-corrected chi connectivity index (χ4v) is 3.42. The highest BCUT2D eigenvalue weighted by atomic mass is 32.1. The van der Waals surface area contributed by atoms with E-state index in [9.17, 15) is 0 Å². The van der Waals surface area contributed by atoms with Crippen LogP contribution in [-0.4, -0.2) is 17.9 Å². The summed E-state index contributed by atoms with van der Waals surface area (Å²) in [6, 6.07) is 18.9. The zero-order valence-electron chi connectivity index (χ0n) is 15.0. The highest BCUT2D eigenvalue weighted by Gasteiger charge is 2.33. The van der Waals surface area contributed by atoms with Crippen molar-refractivity contribution in [2.75, 3.05) is 7.11 Å². The summed E-state index contributed by atoms with van der Waals surface area (Å²) < 4.78 is 5.28. The van der Waals surface area contributed by atoms with Gasteiger partial charge in [-0.15, -0.1) is 0 Å². The highest BCUT2D eigenvalue weighted by molar-refractivity contribution is 7.80. The Morgan fingerprint density at radius 3 is 2.46 bits per heavy atom. The molecule has 2 aromatic rings. The molecule has 3 atom stereocenters. The van der Waals surface area contributed by atoms with Crippen LogP contribution in [0, 0.1) is 5.92 Å². The molecule has 26 heavy (non-hydrogen) atoms. The average Bonchev–Trinajstić information content (AvgIpc) is 2.68. The van der Waals surface area contributed by atoms with Crippen LogP contribution >= 0.6 is 12.2 Å². The van der Waals surface area contributed by atoms with E-state index in [1.165, 1.54) is 11.1 Å². The van der Waals surface area contributed by atoms with E-state index in [0.29, 0.717) is 0 Å². The zero-order chi connectivity index (χ0) is 18.5. The molecule has 0 spiro atoms. The van der Waals surface area contributed by atoms with Crippen molar-refractivity contribution < 1.29 is 4.74 Å². The summed E-state index contributed by atoms with van der Waals surface area (Å²) >= 11 is 4.91. The molecule has 0 amide bonds. The molecule has 1 aliphatic rings. The van der Waals surface area contributed by atoms with Gasteiger partial charge in [-0.25, -0.2) is 0 Å². The van der Waals surface area contributed by atoms with Crippen LogP contribution in [0.25, 0.3) is 0 Å². The summed E-state index contributed by atoms with van der Waals surface area (Å²) in [4.78, 5) is 0. The Bertz CT molecular complexity index is 776. The fraction of sp³-hybridized carbons (Fsp3) is 0.300. The first-order chi connectivity index (χ1) is 12.6. The molecule has 4 N–H and O–H groups in total. The molecule has 6 heteroatoms. The van der Waals surface area contributed by atoms with E-state index in [1.54, 1.807) is 7.11 Å². The quantitative estimate of drug-likeness (QED) is 0.571. The molecule has 1 fully saturated rings. The second kappa shape index (κ2) is 8.29. The number of benzene rings is 2. The largest absolute Gasteiger partial charge is 0.497 e. The minimum absolute atomic E-state index is 0.131. The van der Waals surface area contributed by atoms with Gasteiger partial charge in [-0.2, -0.15) is 5.10 Å². The number of nitrogens with one attached hydrogen (secondary N) is 2. The number of nitrogens with zero attached hydrogens (tertiary/aromatic N) is 1. The summed E-state index contributed by atoms with van der Waals surface area (Å²) in [5.74, 6) is 1.05. The van der Waals surface area contributed by atoms with Crippen molar-refractivity contribution in [3.63, 3.8) is 0 Å². The van der Waals surface area contributed by atoms with E-state index < -0.39 is 0 Å². The van der Waals surface area contributed by atoms with Gasteiger partial charge in [0.2, 0.25) is 0 Å². The van der Waals surface area contributed by atoms with Crippen molar-refractivity contribution in [3.8, 4) is 5.75 Å². The van der Waals surface area contributed by atoms with Crippen molar-refractivity contribution in [1.82, 2.24) is 10.7 Å². The van der Waals surface area contributed by atoms with Crippen LogP contribution in [0.2, 0.25) is 0 Å². The Morgan fingerprint density at radius 1 is 1.15 bits per heavy atom. The van der Waals surface area contributed by atoms with Gasteiger partial charge in [0.25, 0.3) is 0 Å². The molecule has 1 aliphatic heterocycles. The van der Waals surface area contributed by atoms with E-state index in [2.05, 4.69) is 59.2 Å². The molecular formula is C20H24N4OS. The van der Waals surface area contributed by atoms with Crippen LogP contribution in [0.4, 0.5) is 0 Å². The maximum Gasteiger partial charge on any atom is 0.184 e. The standard InChI is InChI=1S/C20H24N4OS/c1-13-17(23-24-20(21)26)12-18(14-6-4-3-5-7-14)22-19(13)15-8-10-16(25-2)11-9-15/h3-11,13,18-19,22H,12H2,1-2H3,(H3,21,24,26)/b23-17-. The molecule has 136 valence electrons. The van der Waals surface area contributed by atoms with Crippen molar-refractivity contribution in [1.29, 1.82) is 0 Å². The second-order valence-corrected chi connectivity index (χ2v) is 6.89. The lowest BCUT2D eigenvalue weighted by Crippen LogP contribution is -2.42. The number of rotatable bonds is 4. The van der Waals surface area contributed by atoms with Crippen LogP contribution in [0.15, 0.2) is 59.7 Å². The summed E-state index contributed by atoms with van der Waals surface area (Å²) in [7, 11) is 1.67. The molecule has 3 unspecified atom stereocenters. The Hall–Kier alpha value is -2.44. The predicted molar refractivity (Wildman–Crippen MR) is 109 cm³/mol. The smallest absolute Gasteiger partial charge is 0.184 e. The number of piperidine rings is 1. The van der Waals surface area contributed by atoms with Gasteiger partial charge >= 0.3 is 0 Å². The predicted octanol–water partition coefficient (Wildman–Crippen LogP) is 3.30. The normalized spacial score (nSPS) is 24.2. The Kier molecular flexibility index (Phi) is 5.85. The molecule has 0 radical (unpaired) electrons. The van der Waals surface area contributed by atoms with Crippen molar-refractivity contribution >= 4 is 23.0 Å². The van der Waals surface area contributed by atoms with Crippen LogP contribution in [0.3, 0.4) is 0 Å². The number of nitrogens with two attached hydrogens (primary N) is 1. The van der Waals surface area contributed by atoms with Crippen LogP contribution < -0.4 is 21.2 Å². The van der Waals surface area contributed by atoms with Crippen LogP contribution in [0.1, 0.15) is 36.6 Å². The molecule has 1 saturated heterocycles. The van der Waals surface area contributed by atoms with Gasteiger partial charge in [0, 0.05) is 30.1 Å². The van der Waals surface area contributed by atoms with Gasteiger partial charge in [0.05, 0.1) is 7.11 Å². The maximum absolute atomic E-state index is 5.56. The number of hydrogen-bond acceptors (Lipinski definition) is 4. The molecular weight excluding hydrogens is 344 g/mol. The van der Waals surface area contributed by atoms with E-state index >= 15 is 0 Å². The number of hydrogen-bond donors (Lipinski definition) is 3. The maximum atomic E-state index is 5.56. The first-order valence-electron chi connectivity index (χ1n) is 8.65. The van der Waals surface area contributed by atoms with E-state index in [0.717, 1.165) is 17.9 Å². The van der Waals surface area contributed by atoms with E-state index in [1.807, 2.05) is 18.2 Å². The number of methoxy groups -OCH3 is 1. The lowest BCUT2D eigenvalue weighted by Gasteiger charge is -2.37. The summed E-state index contributed by atoms with van der Waals surface area (Å²) in [5.41, 5.74) is 11.8. The van der Waals surface area contributed by atoms with E-state index in [-0.39, 0.29) is 23.1 Å². The Morgan fingerprint density at radius 2 is 1.85 bits per heavy atom. The van der Waals surface area contributed by atoms with Gasteiger partial charge < -0.3 is 15.8 Å². The zero-order valence-corrected chi connectivity index (χ0v) is 15.8. The van der Waals surface area contributed by atoms with E-state index in [4.69, 9.17) is 22.7 Å². The summed E-state index contributed by atoms with van der Waals surface area (Å²) in [6.07, 6.45) is 0.799. The lowest BCUT2D eigenvalue weighted by atomic mass is 9.81. The lowest BCUT2D eigenvalue weighted by molar-refractivity contribution is 0.362. The number of thiocarbonyl (C=S) groups is 1. The highest BCUT2D eigenvalue weighted by Crippen LogP contribution is 2.35. The monoisotopic (exact) mass is 368 g/mol. The van der Waals surface area contributed by atoms with Crippen molar-refractivity contribution in [3.05, 3.63) is 65.7 Å². The SMILES string of the molecule is COc1ccc(C2NC(c3ccccc3)C/C(=N/NC(N)=S)C2C)cc1. The minimum Gasteiger partial charge on any atom is -0.497 e. The molecule has 0 aliphatic carbocycles. The van der Waals surface area contributed by atoms with Gasteiger partial charge in [0.15, 0.2) is 5.11 Å². The van der Waals surface area contributed by atoms with Crippen LogP contribution in [-0.2, 0) is 0 Å². The number of hydrazone groups is 1. The molecule has 1 heterocycles. The number of ether oxygens (including phenoxy) is 1. The first-order valence-corrected chi connectivity index (χ1v) is 9.06. The minimum atomic E-state index is 0.131.